The second-order valence-corrected chi connectivity index (χ2v) is 6.33. The van der Waals surface area contributed by atoms with Gasteiger partial charge in [-0.05, 0) is 54.8 Å². The van der Waals surface area contributed by atoms with Crippen molar-refractivity contribution in [2.75, 3.05) is 7.05 Å². The summed E-state index contributed by atoms with van der Waals surface area (Å²) in [4.78, 5) is 18.7. The molecule has 3 heterocycles. The van der Waals surface area contributed by atoms with Gasteiger partial charge in [0.05, 0.1) is 0 Å². The number of carbonyl (C=O) groups excluding carboxylic acids is 1. The fourth-order valence-corrected chi connectivity index (χ4v) is 3.07. The number of aromatic nitrogens is 1. The fraction of sp³-hybridized carbons (Fsp3) is 0.294. The molecular weight excluding hydrogens is 296 g/mol. The van der Waals surface area contributed by atoms with E-state index in [4.69, 9.17) is 4.42 Å². The maximum atomic E-state index is 12.6. The molecule has 0 spiro atoms. The summed E-state index contributed by atoms with van der Waals surface area (Å²) >= 11 is 1.67. The van der Waals surface area contributed by atoms with E-state index in [2.05, 4.69) is 21.8 Å². The Kier molecular flexibility index (Phi) is 3.98. The van der Waals surface area contributed by atoms with Crippen LogP contribution in [-0.4, -0.2) is 28.9 Å². The first-order valence-electron chi connectivity index (χ1n) is 7.20. The summed E-state index contributed by atoms with van der Waals surface area (Å²) in [6.07, 6.45) is 0.837. The minimum absolute atomic E-state index is 0.102. The monoisotopic (exact) mass is 314 g/mol. The van der Waals surface area contributed by atoms with Gasteiger partial charge >= 0.3 is 0 Å². The normalized spacial score (nSPS) is 12.5. The highest BCUT2D eigenvalue weighted by Crippen LogP contribution is 2.20. The van der Waals surface area contributed by atoms with Crippen LogP contribution < -0.4 is 0 Å². The molecule has 0 radical (unpaired) electrons. The number of aryl methyl sites for hydroxylation is 1. The lowest BCUT2D eigenvalue weighted by molar-refractivity contribution is 0.0714. The van der Waals surface area contributed by atoms with Crippen LogP contribution in [0.2, 0.25) is 0 Å². The van der Waals surface area contributed by atoms with Crippen LogP contribution in [0.1, 0.15) is 28.7 Å². The third-order valence-electron chi connectivity index (χ3n) is 3.82. The van der Waals surface area contributed by atoms with Gasteiger partial charge in [-0.2, -0.15) is 11.3 Å². The van der Waals surface area contributed by atoms with E-state index in [9.17, 15) is 4.79 Å². The Bertz CT molecular complexity index is 792. The van der Waals surface area contributed by atoms with E-state index >= 15 is 0 Å². The minimum Gasteiger partial charge on any atom is -0.449 e. The van der Waals surface area contributed by atoms with Crippen molar-refractivity contribution < 1.29 is 9.21 Å². The first-order valence-corrected chi connectivity index (χ1v) is 8.14. The van der Waals surface area contributed by atoms with Crippen molar-refractivity contribution >= 4 is 28.3 Å². The average Bonchev–Trinajstić information content (AvgIpc) is 3.14. The topological polar surface area (TPSA) is 46.3 Å². The number of nitrogens with zero attached hydrogens (tertiary/aromatic N) is 2. The Morgan fingerprint density at radius 2 is 2.23 bits per heavy atom. The number of carbonyl (C=O) groups is 1. The molecule has 0 N–H and O–H groups in total. The molecule has 0 aliphatic heterocycles. The Morgan fingerprint density at radius 1 is 1.41 bits per heavy atom. The van der Waals surface area contributed by atoms with Gasteiger partial charge in [-0.15, -0.1) is 0 Å². The van der Waals surface area contributed by atoms with Gasteiger partial charge in [0.2, 0.25) is 0 Å². The van der Waals surface area contributed by atoms with Crippen LogP contribution in [-0.2, 0) is 6.42 Å². The SMILES string of the molecule is Cc1ccc2oc(C(=O)N(C)C(C)Cc3ccsc3)cc2n1. The number of likely N-dealkylation sites (N-methyl/N-ethyl adjacent to an activating group) is 1. The molecule has 5 heteroatoms. The third kappa shape index (κ3) is 2.90. The van der Waals surface area contributed by atoms with Gasteiger partial charge in [0.15, 0.2) is 11.3 Å². The Balaban J connectivity index is 1.78. The summed E-state index contributed by atoms with van der Waals surface area (Å²) in [6, 6.07) is 7.64. The van der Waals surface area contributed by atoms with Gasteiger partial charge in [-0.3, -0.25) is 4.79 Å². The summed E-state index contributed by atoms with van der Waals surface area (Å²) in [5, 5.41) is 4.17. The zero-order chi connectivity index (χ0) is 15.7. The largest absolute Gasteiger partial charge is 0.449 e. The number of rotatable bonds is 4. The van der Waals surface area contributed by atoms with Gasteiger partial charge in [0.1, 0.15) is 5.52 Å². The Hall–Kier alpha value is -2.14. The summed E-state index contributed by atoms with van der Waals surface area (Å²) in [5.74, 6) is 0.228. The van der Waals surface area contributed by atoms with Gasteiger partial charge in [0.25, 0.3) is 5.91 Å². The molecule has 3 aromatic rings. The highest BCUT2D eigenvalue weighted by atomic mass is 32.1. The summed E-state index contributed by atoms with van der Waals surface area (Å²) < 4.78 is 5.64. The number of thiophene rings is 1. The standard InChI is InChI=1S/C17H18N2O2S/c1-11-4-5-15-14(18-11)9-16(21-15)17(20)19(3)12(2)8-13-6-7-22-10-13/h4-7,9-10,12H,8H2,1-3H3. The van der Waals surface area contributed by atoms with E-state index in [0.717, 1.165) is 17.6 Å². The molecule has 0 fully saturated rings. The van der Waals surface area contributed by atoms with E-state index in [1.165, 1.54) is 5.56 Å². The predicted molar refractivity (Wildman–Crippen MR) is 88.3 cm³/mol. The minimum atomic E-state index is -0.113. The molecule has 114 valence electrons. The number of pyridine rings is 1. The van der Waals surface area contributed by atoms with Crippen LogP contribution in [0.3, 0.4) is 0 Å². The molecule has 0 aliphatic rings. The van der Waals surface area contributed by atoms with Crippen LogP contribution in [0.15, 0.2) is 39.4 Å². The smallest absolute Gasteiger partial charge is 0.289 e. The first kappa shape index (κ1) is 14.8. The van der Waals surface area contributed by atoms with Gasteiger partial charge in [-0.25, -0.2) is 4.98 Å². The lowest BCUT2D eigenvalue weighted by Crippen LogP contribution is -2.36. The second-order valence-electron chi connectivity index (χ2n) is 5.55. The molecule has 1 atom stereocenters. The van der Waals surface area contributed by atoms with Crippen molar-refractivity contribution in [1.29, 1.82) is 0 Å². The average molecular weight is 314 g/mol. The molecule has 0 aromatic carbocycles. The lowest BCUT2D eigenvalue weighted by atomic mass is 10.1. The molecule has 3 aromatic heterocycles. The predicted octanol–water partition coefficient (Wildman–Crippen LogP) is 3.90. The van der Waals surface area contributed by atoms with Gasteiger partial charge in [0, 0.05) is 24.8 Å². The molecule has 22 heavy (non-hydrogen) atoms. The number of hydrogen-bond donors (Lipinski definition) is 0. The molecule has 3 rings (SSSR count). The molecule has 0 saturated heterocycles. The maximum absolute atomic E-state index is 12.6. The molecule has 1 unspecified atom stereocenters. The molecule has 4 nitrogen and oxygen atoms in total. The fourth-order valence-electron chi connectivity index (χ4n) is 2.39. The number of hydrogen-bond acceptors (Lipinski definition) is 4. The van der Waals surface area contributed by atoms with Crippen molar-refractivity contribution in [1.82, 2.24) is 9.88 Å². The molecule has 0 aliphatic carbocycles. The zero-order valence-corrected chi connectivity index (χ0v) is 13.7. The van der Waals surface area contributed by atoms with Crippen molar-refractivity contribution in [3.63, 3.8) is 0 Å². The van der Waals surface area contributed by atoms with Crippen LogP contribution in [0.4, 0.5) is 0 Å². The summed E-state index contributed by atoms with van der Waals surface area (Å²) in [6.45, 7) is 3.96. The number of fused-ring (bicyclic) bond motifs is 1. The van der Waals surface area contributed by atoms with E-state index in [1.807, 2.05) is 33.0 Å². The molecule has 1 amide bonds. The van der Waals surface area contributed by atoms with Crippen LogP contribution >= 0.6 is 11.3 Å². The molecule has 0 bridgehead atoms. The molecular formula is C17H18N2O2S. The Morgan fingerprint density at radius 3 is 2.95 bits per heavy atom. The van der Waals surface area contributed by atoms with E-state index in [-0.39, 0.29) is 11.9 Å². The first-order chi connectivity index (χ1) is 10.5. The summed E-state index contributed by atoms with van der Waals surface area (Å²) in [5.41, 5.74) is 3.53. The van der Waals surface area contributed by atoms with Crippen LogP contribution in [0.5, 0.6) is 0 Å². The zero-order valence-electron chi connectivity index (χ0n) is 12.9. The highest BCUT2D eigenvalue weighted by molar-refractivity contribution is 7.07. The highest BCUT2D eigenvalue weighted by Gasteiger charge is 2.21. The van der Waals surface area contributed by atoms with Crippen molar-refractivity contribution in [2.45, 2.75) is 26.3 Å². The number of amides is 1. The number of furan rings is 1. The van der Waals surface area contributed by atoms with Crippen molar-refractivity contribution in [2.24, 2.45) is 0 Å². The van der Waals surface area contributed by atoms with E-state index in [1.54, 1.807) is 22.3 Å². The maximum Gasteiger partial charge on any atom is 0.289 e. The van der Waals surface area contributed by atoms with E-state index in [0.29, 0.717) is 11.3 Å². The third-order valence-corrected chi connectivity index (χ3v) is 4.55. The van der Waals surface area contributed by atoms with E-state index < -0.39 is 0 Å². The summed E-state index contributed by atoms with van der Waals surface area (Å²) in [7, 11) is 1.81. The molecule has 0 saturated carbocycles. The van der Waals surface area contributed by atoms with Crippen molar-refractivity contribution in [3.8, 4) is 0 Å². The van der Waals surface area contributed by atoms with Crippen LogP contribution in [0.25, 0.3) is 11.1 Å². The van der Waals surface area contributed by atoms with Gasteiger partial charge < -0.3 is 9.32 Å². The quantitative estimate of drug-likeness (QED) is 0.733. The van der Waals surface area contributed by atoms with Crippen molar-refractivity contribution in [3.05, 3.63) is 52.0 Å². The second kappa shape index (κ2) is 5.93. The van der Waals surface area contributed by atoms with Crippen LogP contribution in [0, 0.1) is 6.92 Å². The Labute approximate surface area is 133 Å². The lowest BCUT2D eigenvalue weighted by Gasteiger charge is -2.23. The van der Waals surface area contributed by atoms with Gasteiger partial charge in [-0.1, -0.05) is 0 Å².